The third-order valence-electron chi connectivity index (χ3n) is 3.30. The number of rotatable bonds is 4. The molecule has 0 aliphatic rings. The Morgan fingerprint density at radius 3 is 2.57 bits per heavy atom. The summed E-state index contributed by atoms with van der Waals surface area (Å²) in [5.74, 6) is 0. The van der Waals surface area contributed by atoms with Gasteiger partial charge in [-0.25, -0.2) is 4.98 Å². The molecular formula is C17H14ClN3. The predicted octanol–water partition coefficient (Wildman–Crippen LogP) is 3.71. The molecule has 0 atom stereocenters. The van der Waals surface area contributed by atoms with E-state index in [1.807, 2.05) is 42.6 Å². The van der Waals surface area contributed by atoms with Crippen LogP contribution in [0.1, 0.15) is 22.4 Å². The summed E-state index contributed by atoms with van der Waals surface area (Å²) in [6, 6.07) is 11.9. The number of hydrogen-bond donors (Lipinski definition) is 0. The van der Waals surface area contributed by atoms with Crippen molar-refractivity contribution in [2.24, 2.45) is 0 Å². The first-order valence-corrected chi connectivity index (χ1v) is 7.12. The van der Waals surface area contributed by atoms with Crippen molar-refractivity contribution in [2.75, 3.05) is 0 Å². The van der Waals surface area contributed by atoms with Gasteiger partial charge in [0.1, 0.15) is 5.15 Å². The summed E-state index contributed by atoms with van der Waals surface area (Å²) < 4.78 is 0. The molecule has 0 saturated heterocycles. The molecule has 21 heavy (non-hydrogen) atoms. The Hall–Kier alpha value is -2.26. The smallest absolute Gasteiger partial charge is 0.132 e. The number of nitrogens with zero attached hydrogens (tertiary/aromatic N) is 3. The molecule has 0 aliphatic heterocycles. The van der Waals surface area contributed by atoms with Gasteiger partial charge in [-0.15, -0.1) is 0 Å². The minimum Gasteiger partial charge on any atom is -0.264 e. The zero-order valence-corrected chi connectivity index (χ0v) is 12.2. The van der Waals surface area contributed by atoms with E-state index in [4.69, 9.17) is 11.6 Å². The fourth-order valence-electron chi connectivity index (χ4n) is 2.26. The first-order chi connectivity index (χ1) is 10.3. The van der Waals surface area contributed by atoms with E-state index >= 15 is 0 Å². The normalized spacial score (nSPS) is 10.5. The first kappa shape index (κ1) is 13.7. The van der Waals surface area contributed by atoms with Gasteiger partial charge in [0.05, 0.1) is 0 Å². The van der Waals surface area contributed by atoms with Crippen LogP contribution in [0.3, 0.4) is 0 Å². The molecule has 0 N–H and O–H groups in total. The summed E-state index contributed by atoms with van der Waals surface area (Å²) in [6.45, 7) is 0. The van der Waals surface area contributed by atoms with Crippen molar-refractivity contribution in [1.82, 2.24) is 15.0 Å². The van der Waals surface area contributed by atoms with E-state index in [2.05, 4.69) is 15.0 Å². The highest BCUT2D eigenvalue weighted by Crippen LogP contribution is 2.22. The van der Waals surface area contributed by atoms with Crippen molar-refractivity contribution >= 4 is 11.6 Å². The van der Waals surface area contributed by atoms with Gasteiger partial charge in [-0.05, 0) is 41.0 Å². The summed E-state index contributed by atoms with van der Waals surface area (Å²) in [7, 11) is 0. The Kier molecular flexibility index (Phi) is 4.22. The molecule has 0 aliphatic carbocycles. The van der Waals surface area contributed by atoms with Crippen LogP contribution in [-0.2, 0) is 12.8 Å². The molecule has 3 heterocycles. The molecule has 0 spiro atoms. The predicted molar refractivity (Wildman–Crippen MR) is 83.3 cm³/mol. The van der Waals surface area contributed by atoms with Crippen LogP contribution in [0.4, 0.5) is 0 Å². The summed E-state index contributed by atoms with van der Waals surface area (Å²) in [4.78, 5) is 12.7. The van der Waals surface area contributed by atoms with E-state index in [-0.39, 0.29) is 0 Å². The van der Waals surface area contributed by atoms with Crippen LogP contribution in [0.5, 0.6) is 0 Å². The van der Waals surface area contributed by atoms with Crippen molar-refractivity contribution < 1.29 is 0 Å². The van der Waals surface area contributed by atoms with Gasteiger partial charge in [0, 0.05) is 43.3 Å². The van der Waals surface area contributed by atoms with Crippen LogP contribution in [0.15, 0.2) is 61.2 Å². The molecule has 0 aromatic carbocycles. The van der Waals surface area contributed by atoms with Gasteiger partial charge in [0.2, 0.25) is 0 Å². The highest BCUT2D eigenvalue weighted by atomic mass is 35.5. The minimum atomic E-state index is 0.548. The van der Waals surface area contributed by atoms with Gasteiger partial charge < -0.3 is 0 Å². The first-order valence-electron chi connectivity index (χ1n) is 6.74. The molecule has 3 rings (SSSR count). The molecule has 3 aromatic heterocycles. The lowest BCUT2D eigenvalue weighted by Gasteiger charge is -2.10. The molecule has 0 saturated carbocycles. The van der Waals surface area contributed by atoms with Gasteiger partial charge in [-0.3, -0.25) is 9.97 Å². The highest BCUT2D eigenvalue weighted by Gasteiger charge is 2.10. The van der Waals surface area contributed by atoms with Crippen molar-refractivity contribution in [3.05, 3.63) is 88.7 Å². The third-order valence-corrected chi connectivity index (χ3v) is 3.63. The van der Waals surface area contributed by atoms with Crippen LogP contribution >= 0.6 is 11.6 Å². The number of hydrogen-bond acceptors (Lipinski definition) is 3. The van der Waals surface area contributed by atoms with Crippen molar-refractivity contribution in [3.63, 3.8) is 0 Å². The second-order valence-corrected chi connectivity index (χ2v) is 5.13. The van der Waals surface area contributed by atoms with Crippen LogP contribution in [0.25, 0.3) is 0 Å². The Labute approximate surface area is 128 Å². The zero-order valence-electron chi connectivity index (χ0n) is 11.4. The van der Waals surface area contributed by atoms with Crippen LogP contribution in [0, 0.1) is 0 Å². The Balaban J connectivity index is 1.92. The van der Waals surface area contributed by atoms with E-state index in [1.54, 1.807) is 18.6 Å². The maximum Gasteiger partial charge on any atom is 0.132 e. The summed E-state index contributed by atoms with van der Waals surface area (Å²) in [5.41, 5.74) is 4.33. The van der Waals surface area contributed by atoms with E-state index in [1.165, 1.54) is 0 Å². The molecule has 0 bridgehead atoms. The second kappa shape index (κ2) is 6.46. The molecule has 104 valence electrons. The Morgan fingerprint density at radius 2 is 1.81 bits per heavy atom. The number of pyridine rings is 3. The number of halogens is 1. The molecule has 0 unspecified atom stereocenters. The SMILES string of the molecule is Clc1nccc(Cc2ccccn2)c1Cc1cccnc1. The van der Waals surface area contributed by atoms with Crippen molar-refractivity contribution in [1.29, 1.82) is 0 Å². The highest BCUT2D eigenvalue weighted by molar-refractivity contribution is 6.30. The molecular weight excluding hydrogens is 282 g/mol. The fraction of sp³-hybridized carbons (Fsp3) is 0.118. The Bertz CT molecular complexity index is 715. The average Bonchev–Trinajstić information content (AvgIpc) is 2.53. The molecule has 3 aromatic rings. The van der Waals surface area contributed by atoms with Crippen molar-refractivity contribution in [3.8, 4) is 0 Å². The van der Waals surface area contributed by atoms with Crippen LogP contribution in [-0.4, -0.2) is 15.0 Å². The lowest BCUT2D eigenvalue weighted by molar-refractivity contribution is 1.01. The zero-order chi connectivity index (χ0) is 14.5. The monoisotopic (exact) mass is 295 g/mol. The minimum absolute atomic E-state index is 0.548. The third kappa shape index (κ3) is 3.44. The lowest BCUT2D eigenvalue weighted by atomic mass is 9.99. The number of aromatic nitrogens is 3. The molecule has 0 amide bonds. The molecule has 0 radical (unpaired) electrons. The van der Waals surface area contributed by atoms with E-state index < -0.39 is 0 Å². The molecule has 3 nitrogen and oxygen atoms in total. The van der Waals surface area contributed by atoms with Gasteiger partial charge in [-0.2, -0.15) is 0 Å². The molecule has 4 heteroatoms. The lowest BCUT2D eigenvalue weighted by Crippen LogP contribution is -2.01. The average molecular weight is 296 g/mol. The standard InChI is InChI=1S/C17H14ClN3/c18-17-16(10-13-4-3-7-19-12-13)14(6-9-21-17)11-15-5-1-2-8-20-15/h1-9,12H,10-11H2. The van der Waals surface area contributed by atoms with Gasteiger partial charge in [0.25, 0.3) is 0 Å². The van der Waals surface area contributed by atoms with Crippen molar-refractivity contribution in [2.45, 2.75) is 12.8 Å². The van der Waals surface area contributed by atoms with Gasteiger partial charge >= 0.3 is 0 Å². The summed E-state index contributed by atoms with van der Waals surface area (Å²) in [6.07, 6.45) is 8.64. The van der Waals surface area contributed by atoms with E-state index in [9.17, 15) is 0 Å². The van der Waals surface area contributed by atoms with E-state index in [0.29, 0.717) is 5.15 Å². The fourth-order valence-corrected chi connectivity index (χ4v) is 2.50. The maximum absolute atomic E-state index is 6.29. The summed E-state index contributed by atoms with van der Waals surface area (Å²) in [5, 5.41) is 0.548. The quantitative estimate of drug-likeness (QED) is 0.689. The topological polar surface area (TPSA) is 38.7 Å². The Morgan fingerprint density at radius 1 is 0.857 bits per heavy atom. The van der Waals surface area contributed by atoms with Gasteiger partial charge in [0.15, 0.2) is 0 Å². The molecule has 0 fully saturated rings. The van der Waals surface area contributed by atoms with Crippen LogP contribution < -0.4 is 0 Å². The summed E-state index contributed by atoms with van der Waals surface area (Å²) >= 11 is 6.29. The van der Waals surface area contributed by atoms with E-state index in [0.717, 1.165) is 35.2 Å². The van der Waals surface area contributed by atoms with Crippen LogP contribution in [0.2, 0.25) is 5.15 Å². The second-order valence-electron chi connectivity index (χ2n) is 4.78. The van der Waals surface area contributed by atoms with Gasteiger partial charge in [-0.1, -0.05) is 23.7 Å². The largest absolute Gasteiger partial charge is 0.264 e. The maximum atomic E-state index is 6.29.